The van der Waals surface area contributed by atoms with Gasteiger partial charge >= 0.3 is 12.3 Å². The number of alkyl halides is 3. The molecule has 1 N–H and O–H groups in total. The van der Waals surface area contributed by atoms with Crippen LogP contribution in [0.15, 0.2) is 18.2 Å². The van der Waals surface area contributed by atoms with Crippen LogP contribution in [0, 0.1) is 5.82 Å². The number of carbonyl (C=O) groups excluding carboxylic acids is 1. The summed E-state index contributed by atoms with van der Waals surface area (Å²) in [6.45, 7) is 0. The lowest BCUT2D eigenvalue weighted by Gasteiger charge is -2.09. The van der Waals surface area contributed by atoms with Crippen LogP contribution in [0.1, 0.15) is 10.4 Å². The van der Waals surface area contributed by atoms with Gasteiger partial charge in [0, 0.05) is 6.07 Å². The van der Waals surface area contributed by atoms with Crippen molar-refractivity contribution < 1.29 is 37.0 Å². The van der Waals surface area contributed by atoms with E-state index in [9.17, 15) is 27.2 Å². The molecule has 1 aromatic carbocycles. The second kappa shape index (κ2) is 4.40. The monoisotopic (exact) mass is 252 g/mol. The molecule has 0 saturated carbocycles. The van der Waals surface area contributed by atoms with Gasteiger partial charge in [-0.2, -0.15) is 0 Å². The van der Waals surface area contributed by atoms with Gasteiger partial charge in [-0.3, -0.25) is 4.79 Å². The first-order valence-corrected chi connectivity index (χ1v) is 4.03. The van der Waals surface area contributed by atoms with Crippen LogP contribution in [0.2, 0.25) is 0 Å². The summed E-state index contributed by atoms with van der Waals surface area (Å²) < 4.78 is 51.7. The minimum absolute atomic E-state index is 0.281. The number of rotatable bonds is 3. The maximum Gasteiger partial charge on any atom is 0.573 e. The van der Waals surface area contributed by atoms with Crippen molar-refractivity contribution in [3.8, 4) is 5.75 Å². The molecule has 0 bridgehead atoms. The minimum Gasteiger partial charge on any atom is -0.475 e. The van der Waals surface area contributed by atoms with Gasteiger partial charge in [0.25, 0.3) is 5.78 Å². The molecule has 0 spiro atoms. The molecule has 0 atom stereocenters. The molecule has 92 valence electrons. The fraction of sp³-hybridized carbons (Fsp3) is 0.111. The van der Waals surface area contributed by atoms with Crippen LogP contribution < -0.4 is 4.74 Å². The molecule has 0 aliphatic carbocycles. The van der Waals surface area contributed by atoms with Crippen LogP contribution in [-0.4, -0.2) is 23.2 Å². The lowest BCUT2D eigenvalue weighted by Crippen LogP contribution is -2.18. The zero-order chi connectivity index (χ0) is 13.2. The third-order valence-electron chi connectivity index (χ3n) is 1.61. The fourth-order valence-corrected chi connectivity index (χ4v) is 0.992. The fourth-order valence-electron chi connectivity index (χ4n) is 0.992. The summed E-state index contributed by atoms with van der Waals surface area (Å²) in [5.74, 6) is -5.74. The van der Waals surface area contributed by atoms with Crippen LogP contribution in [-0.2, 0) is 4.79 Å². The van der Waals surface area contributed by atoms with E-state index in [0.29, 0.717) is 12.1 Å². The molecule has 1 rings (SSSR count). The lowest BCUT2D eigenvalue weighted by atomic mass is 10.1. The first-order valence-electron chi connectivity index (χ1n) is 4.03. The molecule has 0 fully saturated rings. The predicted molar refractivity (Wildman–Crippen MR) is 45.0 cm³/mol. The molecule has 0 saturated heterocycles. The predicted octanol–water partition coefficient (Wildman–Crippen LogP) is 1.99. The average Bonchev–Trinajstić information content (AvgIpc) is 2.14. The van der Waals surface area contributed by atoms with Gasteiger partial charge in [-0.25, -0.2) is 9.18 Å². The van der Waals surface area contributed by atoms with Crippen molar-refractivity contribution in [3.05, 3.63) is 29.6 Å². The third kappa shape index (κ3) is 3.44. The molecule has 0 unspecified atom stereocenters. The van der Waals surface area contributed by atoms with Crippen molar-refractivity contribution in [3.63, 3.8) is 0 Å². The van der Waals surface area contributed by atoms with E-state index in [1.807, 2.05) is 0 Å². The number of hydrogen-bond acceptors (Lipinski definition) is 3. The second-order valence-corrected chi connectivity index (χ2v) is 2.82. The smallest absolute Gasteiger partial charge is 0.475 e. The van der Waals surface area contributed by atoms with Crippen LogP contribution in [0.25, 0.3) is 0 Å². The molecular formula is C9H4F4O4. The zero-order valence-corrected chi connectivity index (χ0v) is 7.92. The van der Waals surface area contributed by atoms with Gasteiger partial charge in [0.15, 0.2) is 0 Å². The number of Topliss-reactive ketones (excluding diaryl/α,β-unsaturated/α-hetero) is 1. The van der Waals surface area contributed by atoms with Gasteiger partial charge in [0.2, 0.25) is 0 Å². The normalized spacial score (nSPS) is 11.1. The topological polar surface area (TPSA) is 63.6 Å². The Morgan fingerprint density at radius 3 is 2.24 bits per heavy atom. The molecule has 0 aliphatic rings. The van der Waals surface area contributed by atoms with Crippen molar-refractivity contribution in [2.75, 3.05) is 0 Å². The van der Waals surface area contributed by atoms with Gasteiger partial charge in [-0.05, 0) is 12.1 Å². The number of ether oxygens (including phenoxy) is 1. The summed E-state index contributed by atoms with van der Waals surface area (Å²) in [6, 6.07) is 1.53. The molecule has 4 nitrogen and oxygen atoms in total. The maximum atomic E-state index is 13.1. The number of benzene rings is 1. The Kier molecular flexibility index (Phi) is 3.35. The summed E-state index contributed by atoms with van der Waals surface area (Å²) >= 11 is 0. The highest BCUT2D eigenvalue weighted by Crippen LogP contribution is 2.24. The number of carboxylic acids is 1. The average molecular weight is 252 g/mol. The third-order valence-corrected chi connectivity index (χ3v) is 1.61. The van der Waals surface area contributed by atoms with E-state index in [4.69, 9.17) is 5.11 Å². The number of halogens is 4. The molecule has 0 aliphatic heterocycles. The van der Waals surface area contributed by atoms with Crippen molar-refractivity contribution >= 4 is 11.8 Å². The van der Waals surface area contributed by atoms with Crippen molar-refractivity contribution in [2.24, 2.45) is 0 Å². The number of carbonyl (C=O) groups is 2. The van der Waals surface area contributed by atoms with Crippen molar-refractivity contribution in [2.45, 2.75) is 6.36 Å². The Morgan fingerprint density at radius 2 is 1.82 bits per heavy atom. The summed E-state index contributed by atoms with van der Waals surface area (Å²) in [5.41, 5.74) is -0.841. The SMILES string of the molecule is O=C(O)C(=O)c1ccc(OC(F)(F)F)cc1F. The Labute approximate surface area is 91.4 Å². The number of hydrogen-bond donors (Lipinski definition) is 1. The largest absolute Gasteiger partial charge is 0.573 e. The zero-order valence-electron chi connectivity index (χ0n) is 7.92. The lowest BCUT2D eigenvalue weighted by molar-refractivity contribution is -0.274. The van der Waals surface area contributed by atoms with Gasteiger partial charge in [-0.1, -0.05) is 0 Å². The number of aliphatic carboxylic acids is 1. The van der Waals surface area contributed by atoms with E-state index in [0.717, 1.165) is 0 Å². The molecule has 0 heterocycles. The van der Waals surface area contributed by atoms with E-state index >= 15 is 0 Å². The summed E-state index contributed by atoms with van der Waals surface area (Å²) in [4.78, 5) is 21.1. The summed E-state index contributed by atoms with van der Waals surface area (Å²) in [7, 11) is 0. The highest BCUT2D eigenvalue weighted by Gasteiger charge is 2.31. The van der Waals surface area contributed by atoms with Gasteiger partial charge in [0.05, 0.1) is 5.56 Å². The van der Waals surface area contributed by atoms with Gasteiger partial charge in [0.1, 0.15) is 11.6 Å². The van der Waals surface area contributed by atoms with E-state index in [1.54, 1.807) is 0 Å². The van der Waals surface area contributed by atoms with Crippen LogP contribution in [0.3, 0.4) is 0 Å². The van der Waals surface area contributed by atoms with Crippen molar-refractivity contribution in [1.29, 1.82) is 0 Å². The maximum absolute atomic E-state index is 13.1. The van der Waals surface area contributed by atoms with E-state index < -0.39 is 35.2 Å². The van der Waals surface area contributed by atoms with Gasteiger partial charge in [-0.15, -0.1) is 13.2 Å². The highest BCUT2D eigenvalue weighted by atomic mass is 19.4. The standard InChI is InChI=1S/C9H4F4O4/c10-6-3-4(17-9(11,12)13)1-2-5(6)7(14)8(15)16/h1-3H,(H,15,16). The highest BCUT2D eigenvalue weighted by molar-refractivity contribution is 6.39. The summed E-state index contributed by atoms with van der Waals surface area (Å²) in [6.07, 6.45) is -5.00. The Bertz CT molecular complexity index is 467. The van der Waals surface area contributed by atoms with Gasteiger partial charge < -0.3 is 9.84 Å². The van der Waals surface area contributed by atoms with Crippen LogP contribution in [0.4, 0.5) is 17.6 Å². The van der Waals surface area contributed by atoms with Crippen LogP contribution in [0.5, 0.6) is 5.75 Å². The Hall–Kier alpha value is -2.12. The molecule has 8 heteroatoms. The Morgan fingerprint density at radius 1 is 1.24 bits per heavy atom. The molecule has 17 heavy (non-hydrogen) atoms. The summed E-state index contributed by atoms with van der Waals surface area (Å²) in [5, 5.41) is 8.29. The molecule has 0 aromatic heterocycles. The number of ketones is 1. The van der Waals surface area contributed by atoms with E-state index in [1.165, 1.54) is 0 Å². The molecule has 0 amide bonds. The first-order chi connectivity index (χ1) is 7.70. The van der Waals surface area contributed by atoms with Crippen molar-refractivity contribution in [1.82, 2.24) is 0 Å². The minimum atomic E-state index is -5.00. The second-order valence-electron chi connectivity index (χ2n) is 2.82. The Balaban J connectivity index is 3.02. The molecule has 1 aromatic rings. The molecule has 0 radical (unpaired) electrons. The first kappa shape index (κ1) is 12.9. The van der Waals surface area contributed by atoms with E-state index in [2.05, 4.69) is 4.74 Å². The quantitative estimate of drug-likeness (QED) is 0.507. The molecular weight excluding hydrogens is 248 g/mol. The number of carboxylic acid groups (broad SMARTS) is 1. The van der Waals surface area contributed by atoms with E-state index in [-0.39, 0.29) is 6.07 Å². The van der Waals surface area contributed by atoms with Crippen LogP contribution >= 0.6 is 0 Å².